The first kappa shape index (κ1) is 14.4. The Balaban J connectivity index is 2.18. The molecule has 2 atom stereocenters. The van der Waals surface area contributed by atoms with Crippen LogP contribution in [-0.2, 0) is 4.79 Å². The third kappa shape index (κ3) is 2.64. The van der Waals surface area contributed by atoms with Gasteiger partial charge in [-0.1, -0.05) is 11.3 Å². The Labute approximate surface area is 119 Å². The average molecular weight is 298 g/mol. The van der Waals surface area contributed by atoms with E-state index >= 15 is 0 Å². The maximum atomic E-state index is 12.3. The Morgan fingerprint density at radius 1 is 1.55 bits per heavy atom. The molecule has 1 aromatic heterocycles. The number of hydrogen-bond donors (Lipinski definition) is 1. The maximum Gasteiger partial charge on any atom is 0.324 e. The first-order valence-electron chi connectivity index (χ1n) is 6.18. The van der Waals surface area contributed by atoms with Crippen molar-refractivity contribution in [3.8, 4) is 0 Å². The van der Waals surface area contributed by atoms with Crippen LogP contribution in [0.5, 0.6) is 0 Å². The first-order chi connectivity index (χ1) is 9.41. The van der Waals surface area contributed by atoms with Crippen molar-refractivity contribution in [2.75, 3.05) is 6.54 Å². The largest absolute Gasteiger partial charge is 0.481 e. The van der Waals surface area contributed by atoms with Gasteiger partial charge in [0.15, 0.2) is 0 Å². The SMILES string of the molecule is C[C@@H]1[C@H](C(=O)O)CCCN1C(=O)c1csc([N+](=O)[O-])c1. The van der Waals surface area contributed by atoms with Crippen LogP contribution >= 0.6 is 11.3 Å². The fourth-order valence-electron chi connectivity index (χ4n) is 2.46. The molecule has 1 aliphatic heterocycles. The van der Waals surface area contributed by atoms with Gasteiger partial charge in [0.05, 0.1) is 16.4 Å². The van der Waals surface area contributed by atoms with Gasteiger partial charge in [-0.2, -0.15) is 0 Å². The summed E-state index contributed by atoms with van der Waals surface area (Å²) in [5.41, 5.74) is 0.250. The molecular formula is C12H14N2O5S. The highest BCUT2D eigenvalue weighted by Crippen LogP contribution is 2.28. The molecule has 7 nitrogen and oxygen atoms in total. The van der Waals surface area contributed by atoms with E-state index in [1.807, 2.05) is 0 Å². The van der Waals surface area contributed by atoms with Gasteiger partial charge in [0.25, 0.3) is 5.91 Å². The summed E-state index contributed by atoms with van der Waals surface area (Å²) in [5, 5.41) is 21.1. The summed E-state index contributed by atoms with van der Waals surface area (Å²) in [6.45, 7) is 2.18. The monoisotopic (exact) mass is 298 g/mol. The lowest BCUT2D eigenvalue weighted by Crippen LogP contribution is -2.49. The van der Waals surface area contributed by atoms with E-state index in [1.165, 1.54) is 16.3 Å². The average Bonchev–Trinajstić information content (AvgIpc) is 2.87. The highest BCUT2D eigenvalue weighted by Gasteiger charge is 2.36. The molecule has 0 spiro atoms. The Hall–Kier alpha value is -1.96. The van der Waals surface area contributed by atoms with Crippen molar-refractivity contribution in [2.45, 2.75) is 25.8 Å². The smallest absolute Gasteiger partial charge is 0.324 e. The van der Waals surface area contributed by atoms with Crippen molar-refractivity contribution in [1.82, 2.24) is 4.90 Å². The van der Waals surface area contributed by atoms with Crippen molar-refractivity contribution in [3.63, 3.8) is 0 Å². The number of carboxylic acids is 1. The fourth-order valence-corrected chi connectivity index (χ4v) is 3.16. The van der Waals surface area contributed by atoms with Crippen molar-refractivity contribution >= 4 is 28.2 Å². The number of carboxylic acid groups (broad SMARTS) is 1. The van der Waals surface area contributed by atoms with E-state index in [-0.39, 0.29) is 16.5 Å². The number of likely N-dealkylation sites (tertiary alicyclic amines) is 1. The van der Waals surface area contributed by atoms with Crippen LogP contribution < -0.4 is 0 Å². The van der Waals surface area contributed by atoms with Crippen LogP contribution in [0.4, 0.5) is 5.00 Å². The van der Waals surface area contributed by atoms with Gasteiger partial charge in [-0.3, -0.25) is 19.7 Å². The second kappa shape index (κ2) is 5.58. The lowest BCUT2D eigenvalue weighted by molar-refractivity contribution is -0.380. The molecule has 108 valence electrons. The Kier molecular flexibility index (Phi) is 4.03. The summed E-state index contributed by atoms with van der Waals surface area (Å²) in [6, 6.07) is 0.831. The van der Waals surface area contributed by atoms with Crippen LogP contribution in [0.15, 0.2) is 11.4 Å². The summed E-state index contributed by atoms with van der Waals surface area (Å²) in [4.78, 5) is 35.1. The number of hydrogen-bond acceptors (Lipinski definition) is 5. The minimum absolute atomic E-state index is 0.0900. The van der Waals surface area contributed by atoms with Crippen LogP contribution in [-0.4, -0.2) is 39.4 Å². The predicted molar refractivity (Wildman–Crippen MR) is 71.8 cm³/mol. The zero-order valence-electron chi connectivity index (χ0n) is 10.8. The van der Waals surface area contributed by atoms with Crippen LogP contribution in [0.25, 0.3) is 0 Å². The van der Waals surface area contributed by atoms with Crippen LogP contribution in [0.3, 0.4) is 0 Å². The highest BCUT2D eigenvalue weighted by molar-refractivity contribution is 7.13. The summed E-state index contributed by atoms with van der Waals surface area (Å²) >= 11 is 0.895. The van der Waals surface area contributed by atoms with Crippen LogP contribution in [0.1, 0.15) is 30.1 Å². The number of carbonyl (C=O) groups is 2. The van der Waals surface area contributed by atoms with E-state index in [1.54, 1.807) is 6.92 Å². The van der Waals surface area contributed by atoms with Gasteiger partial charge in [-0.05, 0) is 19.8 Å². The third-order valence-electron chi connectivity index (χ3n) is 3.58. The molecule has 0 saturated carbocycles. The first-order valence-corrected chi connectivity index (χ1v) is 7.06. The molecule has 2 heterocycles. The van der Waals surface area contributed by atoms with Crippen molar-refractivity contribution in [1.29, 1.82) is 0 Å². The topological polar surface area (TPSA) is 101 Å². The molecule has 1 N–H and O–H groups in total. The number of nitro groups is 1. The number of thiophene rings is 1. The molecule has 0 radical (unpaired) electrons. The number of amides is 1. The van der Waals surface area contributed by atoms with E-state index in [0.717, 1.165) is 11.3 Å². The zero-order valence-corrected chi connectivity index (χ0v) is 11.6. The minimum Gasteiger partial charge on any atom is -0.481 e. The number of aliphatic carboxylic acids is 1. The normalized spacial score (nSPS) is 22.6. The van der Waals surface area contributed by atoms with E-state index in [4.69, 9.17) is 5.11 Å². The lowest BCUT2D eigenvalue weighted by atomic mass is 9.90. The molecule has 1 amide bonds. The number of piperidine rings is 1. The summed E-state index contributed by atoms with van der Waals surface area (Å²) in [6.07, 6.45) is 1.17. The van der Waals surface area contributed by atoms with E-state index in [9.17, 15) is 19.7 Å². The zero-order chi connectivity index (χ0) is 14.9. The molecule has 8 heteroatoms. The molecule has 0 bridgehead atoms. The van der Waals surface area contributed by atoms with Gasteiger partial charge >= 0.3 is 11.0 Å². The molecule has 1 fully saturated rings. The molecule has 1 aromatic rings. The molecule has 1 aliphatic rings. The van der Waals surface area contributed by atoms with Crippen molar-refractivity contribution in [2.24, 2.45) is 5.92 Å². The van der Waals surface area contributed by atoms with E-state index in [0.29, 0.717) is 19.4 Å². The summed E-state index contributed by atoms with van der Waals surface area (Å²) in [7, 11) is 0. The predicted octanol–water partition coefficient (Wildman–Crippen LogP) is 1.98. The molecule has 1 saturated heterocycles. The van der Waals surface area contributed by atoms with Gasteiger partial charge < -0.3 is 10.0 Å². The second-order valence-electron chi connectivity index (χ2n) is 4.76. The third-order valence-corrected chi connectivity index (χ3v) is 4.46. The van der Waals surface area contributed by atoms with Crippen LogP contribution in [0.2, 0.25) is 0 Å². The van der Waals surface area contributed by atoms with E-state index < -0.39 is 22.9 Å². The van der Waals surface area contributed by atoms with Crippen LogP contribution in [0, 0.1) is 16.0 Å². The molecule has 0 aliphatic carbocycles. The van der Waals surface area contributed by atoms with Gasteiger partial charge in [-0.25, -0.2) is 0 Å². The van der Waals surface area contributed by atoms with Crippen molar-refractivity contribution < 1.29 is 19.6 Å². The van der Waals surface area contributed by atoms with Gasteiger partial charge in [0, 0.05) is 24.0 Å². The molecule has 0 aromatic carbocycles. The number of nitrogens with zero attached hydrogens (tertiary/aromatic N) is 2. The van der Waals surface area contributed by atoms with E-state index in [2.05, 4.69) is 0 Å². The Morgan fingerprint density at radius 2 is 2.25 bits per heavy atom. The summed E-state index contributed by atoms with van der Waals surface area (Å²) in [5.74, 6) is -1.83. The lowest BCUT2D eigenvalue weighted by Gasteiger charge is -2.37. The van der Waals surface area contributed by atoms with Gasteiger partial charge in [0.2, 0.25) is 0 Å². The number of rotatable bonds is 3. The molecule has 20 heavy (non-hydrogen) atoms. The van der Waals surface area contributed by atoms with Crippen molar-refractivity contribution in [3.05, 3.63) is 27.1 Å². The molecular weight excluding hydrogens is 284 g/mol. The summed E-state index contributed by atoms with van der Waals surface area (Å²) < 4.78 is 0. The highest BCUT2D eigenvalue weighted by atomic mass is 32.1. The fraction of sp³-hybridized carbons (Fsp3) is 0.500. The quantitative estimate of drug-likeness (QED) is 0.679. The Morgan fingerprint density at radius 3 is 2.80 bits per heavy atom. The maximum absolute atomic E-state index is 12.3. The molecule has 2 rings (SSSR count). The van der Waals surface area contributed by atoms with Gasteiger partial charge in [-0.15, -0.1) is 0 Å². The Bertz CT molecular complexity index is 556. The minimum atomic E-state index is -0.911. The number of carbonyl (C=O) groups excluding carboxylic acids is 1. The van der Waals surface area contributed by atoms with Gasteiger partial charge in [0.1, 0.15) is 0 Å². The standard InChI is InChI=1S/C12H14N2O5S/c1-7-9(12(16)17)3-2-4-13(7)11(15)8-5-10(14(18)19)20-6-8/h5-7,9H,2-4H2,1H3,(H,16,17)/t7-,9-/m1/s1. The molecule has 0 unspecified atom stereocenters. The second-order valence-corrected chi connectivity index (χ2v) is 5.65.